The summed E-state index contributed by atoms with van der Waals surface area (Å²) in [6.45, 7) is 2.82. The van der Waals surface area contributed by atoms with Crippen LogP contribution in [0.5, 0.6) is 5.75 Å². The minimum Gasteiger partial charge on any atom is -0.491 e. The van der Waals surface area contributed by atoms with E-state index in [2.05, 4.69) is 6.07 Å². The molecule has 0 aliphatic heterocycles. The number of para-hydroxylation sites is 1. The molecule has 1 unspecified atom stereocenters. The largest absolute Gasteiger partial charge is 0.491 e. The molecule has 0 radical (unpaired) electrons. The Balaban J connectivity index is 2.25. The molecule has 0 aromatic heterocycles. The Labute approximate surface area is 106 Å². The molecule has 0 aliphatic rings. The maximum absolute atomic E-state index is 8.86. The van der Waals surface area contributed by atoms with E-state index in [4.69, 9.17) is 15.1 Å². The molecule has 1 N–H and O–H groups in total. The number of aliphatic hydroxyl groups excluding tert-OH is 1. The third-order valence-electron chi connectivity index (χ3n) is 2.21. The van der Waals surface area contributed by atoms with E-state index < -0.39 is 0 Å². The lowest BCUT2D eigenvalue weighted by atomic mass is 10.2. The van der Waals surface area contributed by atoms with E-state index in [9.17, 15) is 0 Å². The van der Waals surface area contributed by atoms with Gasteiger partial charge in [-0.05, 0) is 23.8 Å². The van der Waals surface area contributed by atoms with Crippen LogP contribution in [0.3, 0.4) is 0 Å². The van der Waals surface area contributed by atoms with Crippen molar-refractivity contribution in [2.75, 3.05) is 24.7 Å². The van der Waals surface area contributed by atoms with Crippen LogP contribution in [-0.4, -0.2) is 29.8 Å². The van der Waals surface area contributed by atoms with Crippen molar-refractivity contribution in [2.24, 2.45) is 5.92 Å². The van der Waals surface area contributed by atoms with Gasteiger partial charge in [0.15, 0.2) is 0 Å². The van der Waals surface area contributed by atoms with E-state index in [-0.39, 0.29) is 6.61 Å². The number of thioether (sulfide) groups is 1. The molecule has 17 heavy (non-hydrogen) atoms. The quantitative estimate of drug-likeness (QED) is 0.755. The summed E-state index contributed by atoms with van der Waals surface area (Å²) in [6, 6.07) is 9.33. The fourth-order valence-corrected chi connectivity index (χ4v) is 2.11. The molecule has 92 valence electrons. The molecular weight excluding hydrogens is 234 g/mol. The Kier molecular flexibility index (Phi) is 6.53. The zero-order valence-electron chi connectivity index (χ0n) is 9.93. The summed E-state index contributed by atoms with van der Waals surface area (Å²) < 4.78 is 5.54. The maximum atomic E-state index is 8.86. The Morgan fingerprint density at radius 2 is 2.24 bits per heavy atom. The molecule has 1 rings (SSSR count). The number of rotatable bonds is 7. The highest BCUT2D eigenvalue weighted by molar-refractivity contribution is 7.99. The van der Waals surface area contributed by atoms with Gasteiger partial charge in [0.1, 0.15) is 11.8 Å². The average Bonchev–Trinajstić information content (AvgIpc) is 2.38. The van der Waals surface area contributed by atoms with Crippen LogP contribution in [0.25, 0.3) is 0 Å². The Morgan fingerprint density at radius 1 is 1.47 bits per heavy atom. The molecule has 4 heteroatoms. The Morgan fingerprint density at radius 3 is 2.94 bits per heavy atom. The molecule has 0 fully saturated rings. The minimum atomic E-state index is 0.227. The predicted molar refractivity (Wildman–Crippen MR) is 70.2 cm³/mol. The molecule has 1 aromatic carbocycles. The fourth-order valence-electron chi connectivity index (χ4n) is 1.23. The van der Waals surface area contributed by atoms with Gasteiger partial charge >= 0.3 is 0 Å². The van der Waals surface area contributed by atoms with Crippen LogP contribution in [-0.2, 0) is 0 Å². The minimum absolute atomic E-state index is 0.227. The molecule has 0 saturated carbocycles. The number of aliphatic hydroxyl groups is 1. The average molecular weight is 251 g/mol. The molecule has 0 heterocycles. The lowest BCUT2D eigenvalue weighted by Gasteiger charge is -2.09. The van der Waals surface area contributed by atoms with Crippen LogP contribution in [0, 0.1) is 17.2 Å². The number of hydrogen-bond acceptors (Lipinski definition) is 4. The van der Waals surface area contributed by atoms with Crippen molar-refractivity contribution < 1.29 is 9.84 Å². The van der Waals surface area contributed by atoms with Crippen LogP contribution >= 0.6 is 11.8 Å². The molecular formula is C13H17NO2S. The van der Waals surface area contributed by atoms with Crippen molar-refractivity contribution in [3.63, 3.8) is 0 Å². The van der Waals surface area contributed by atoms with E-state index in [1.165, 1.54) is 0 Å². The summed E-state index contributed by atoms with van der Waals surface area (Å²) in [6.07, 6.45) is 0. The van der Waals surface area contributed by atoms with Crippen molar-refractivity contribution in [3.8, 4) is 11.8 Å². The molecule has 0 aliphatic carbocycles. The van der Waals surface area contributed by atoms with Crippen molar-refractivity contribution >= 4 is 11.8 Å². The molecule has 0 amide bonds. The molecule has 0 bridgehead atoms. The van der Waals surface area contributed by atoms with Gasteiger partial charge in [-0.3, -0.25) is 0 Å². The van der Waals surface area contributed by atoms with Crippen LogP contribution < -0.4 is 4.74 Å². The summed E-state index contributed by atoms with van der Waals surface area (Å²) in [7, 11) is 0. The predicted octanol–water partition coefficient (Wildman–Crippen LogP) is 2.30. The second-order valence-electron chi connectivity index (χ2n) is 3.82. The normalized spacial score (nSPS) is 11.8. The van der Waals surface area contributed by atoms with Gasteiger partial charge in [0.05, 0.1) is 12.2 Å². The highest BCUT2D eigenvalue weighted by Crippen LogP contribution is 2.17. The molecule has 1 aromatic rings. The first-order valence-electron chi connectivity index (χ1n) is 5.58. The first-order chi connectivity index (χ1) is 8.27. The summed E-state index contributed by atoms with van der Waals surface area (Å²) in [4.78, 5) is 0. The highest BCUT2D eigenvalue weighted by atomic mass is 32.2. The van der Waals surface area contributed by atoms with Gasteiger partial charge in [0.2, 0.25) is 0 Å². The number of benzene rings is 1. The number of nitrogens with zero attached hydrogens (tertiary/aromatic N) is 1. The van der Waals surface area contributed by atoms with E-state index in [1.54, 1.807) is 23.9 Å². The summed E-state index contributed by atoms with van der Waals surface area (Å²) >= 11 is 1.75. The van der Waals surface area contributed by atoms with Crippen LogP contribution in [0.15, 0.2) is 24.3 Å². The molecule has 1 atom stereocenters. The maximum Gasteiger partial charge on any atom is 0.137 e. The monoisotopic (exact) mass is 251 g/mol. The zero-order valence-corrected chi connectivity index (χ0v) is 10.7. The topological polar surface area (TPSA) is 53.2 Å². The van der Waals surface area contributed by atoms with E-state index in [0.29, 0.717) is 23.8 Å². The lowest BCUT2D eigenvalue weighted by Crippen LogP contribution is -2.07. The van der Waals surface area contributed by atoms with Gasteiger partial charge in [0, 0.05) is 12.4 Å². The molecule has 0 saturated heterocycles. The van der Waals surface area contributed by atoms with Gasteiger partial charge < -0.3 is 9.84 Å². The van der Waals surface area contributed by atoms with Gasteiger partial charge in [-0.2, -0.15) is 17.0 Å². The van der Waals surface area contributed by atoms with Crippen molar-refractivity contribution in [1.82, 2.24) is 0 Å². The third kappa shape index (κ3) is 5.12. The number of hydrogen-bond donors (Lipinski definition) is 1. The van der Waals surface area contributed by atoms with Gasteiger partial charge in [-0.25, -0.2) is 0 Å². The standard InChI is InChI=1S/C13H17NO2S/c1-11(9-15)10-17-7-6-16-13-5-3-2-4-12(13)8-14/h2-5,11,15H,6-7,9-10H2,1H3. The van der Waals surface area contributed by atoms with E-state index in [1.807, 2.05) is 19.1 Å². The van der Waals surface area contributed by atoms with Crippen molar-refractivity contribution in [1.29, 1.82) is 5.26 Å². The van der Waals surface area contributed by atoms with Crippen LogP contribution in [0.1, 0.15) is 12.5 Å². The Bertz CT molecular complexity index is 376. The van der Waals surface area contributed by atoms with Crippen molar-refractivity contribution in [3.05, 3.63) is 29.8 Å². The third-order valence-corrected chi connectivity index (χ3v) is 3.47. The molecule has 3 nitrogen and oxygen atoms in total. The second kappa shape index (κ2) is 7.99. The summed E-state index contributed by atoms with van der Waals surface area (Å²) in [5.74, 6) is 2.77. The zero-order chi connectivity index (χ0) is 12.5. The van der Waals surface area contributed by atoms with Crippen molar-refractivity contribution in [2.45, 2.75) is 6.92 Å². The van der Waals surface area contributed by atoms with E-state index >= 15 is 0 Å². The first kappa shape index (κ1) is 13.9. The number of ether oxygens (including phenoxy) is 1. The summed E-state index contributed by atoms with van der Waals surface area (Å²) in [5.41, 5.74) is 0.571. The fraction of sp³-hybridized carbons (Fsp3) is 0.462. The number of nitriles is 1. The van der Waals surface area contributed by atoms with Gasteiger partial charge in [-0.1, -0.05) is 19.1 Å². The van der Waals surface area contributed by atoms with Gasteiger partial charge in [0.25, 0.3) is 0 Å². The summed E-state index contributed by atoms with van der Waals surface area (Å²) in [5, 5.41) is 17.7. The van der Waals surface area contributed by atoms with E-state index in [0.717, 1.165) is 11.5 Å². The van der Waals surface area contributed by atoms with Crippen LogP contribution in [0.2, 0.25) is 0 Å². The second-order valence-corrected chi connectivity index (χ2v) is 4.97. The highest BCUT2D eigenvalue weighted by Gasteiger charge is 2.02. The smallest absolute Gasteiger partial charge is 0.137 e. The first-order valence-corrected chi connectivity index (χ1v) is 6.74. The van der Waals surface area contributed by atoms with Crippen LogP contribution in [0.4, 0.5) is 0 Å². The lowest BCUT2D eigenvalue weighted by molar-refractivity contribution is 0.250. The molecule has 0 spiro atoms. The Hall–Kier alpha value is -1.18. The SMILES string of the molecule is CC(CO)CSCCOc1ccccc1C#N. The van der Waals surface area contributed by atoms with Gasteiger partial charge in [-0.15, -0.1) is 0 Å².